The first kappa shape index (κ1) is 98.8. The highest BCUT2D eigenvalue weighted by Crippen LogP contribution is 2.47. The topological polar surface area (TPSA) is 375 Å². The summed E-state index contributed by atoms with van der Waals surface area (Å²) < 4.78 is 121. The molecular formula is C100H133F6N27O11. The number of aromatic nitrogens is 15. The fraction of sp³-hybridized carbons (Fsp3) is 0.670. The normalized spacial score (nSPS) is 26.8. The lowest BCUT2D eigenvalue weighted by molar-refractivity contribution is -0.112. The van der Waals surface area contributed by atoms with Crippen molar-refractivity contribution in [3.05, 3.63) is 108 Å². The van der Waals surface area contributed by atoms with Crippen molar-refractivity contribution in [3.63, 3.8) is 0 Å². The Hall–Kier alpha value is -11.2. The Morgan fingerprint density at radius 1 is 0.444 bits per heavy atom. The summed E-state index contributed by atoms with van der Waals surface area (Å²) in [5.41, 5.74) is 0.742. The van der Waals surface area contributed by atoms with Crippen LogP contribution in [0.3, 0.4) is 0 Å². The molecule has 9 aromatic heterocycles. The van der Waals surface area contributed by atoms with Crippen molar-refractivity contribution in [3.8, 4) is 0 Å². The number of nitrogens with one attached hydrogen (secondary N) is 5. The summed E-state index contributed by atoms with van der Waals surface area (Å²) in [5.74, 6) is 1.75. The van der Waals surface area contributed by atoms with Gasteiger partial charge in [-0.25, -0.2) is 64.4 Å². The highest BCUT2D eigenvalue weighted by atomic mass is 19.3. The molecule has 144 heavy (non-hydrogen) atoms. The van der Waals surface area contributed by atoms with Gasteiger partial charge in [-0.15, -0.1) is 0 Å². The van der Waals surface area contributed by atoms with E-state index in [0.29, 0.717) is 85.1 Å². The molecule has 12 aliphatic heterocycles. The van der Waals surface area contributed by atoms with E-state index < -0.39 is 59.7 Å². The molecule has 24 rings (SSSR count). The van der Waals surface area contributed by atoms with Gasteiger partial charge in [0.2, 0.25) is 0 Å². The van der Waals surface area contributed by atoms with Gasteiger partial charge >= 0.3 is 12.2 Å². The predicted molar refractivity (Wildman–Crippen MR) is 519 cm³/mol. The van der Waals surface area contributed by atoms with Crippen molar-refractivity contribution in [2.24, 2.45) is 34.0 Å². The molecule has 3 aliphatic carbocycles. The second-order valence-corrected chi connectivity index (χ2v) is 45.0. The van der Waals surface area contributed by atoms with E-state index >= 15 is 0 Å². The van der Waals surface area contributed by atoms with Crippen molar-refractivity contribution in [1.82, 2.24) is 103 Å². The summed E-state index contributed by atoms with van der Waals surface area (Å²) in [5, 5.41) is 40.2. The second kappa shape index (κ2) is 40.6. The number of carbonyl (C=O) groups is 6. The van der Waals surface area contributed by atoms with Crippen molar-refractivity contribution in [1.29, 1.82) is 0 Å². The lowest BCUT2D eigenvalue weighted by Crippen LogP contribution is -2.62. The number of carbonyl (C=O) groups excluding carboxylic acids is 6. The van der Waals surface area contributed by atoms with Crippen LogP contribution < -0.4 is 41.3 Å². The minimum Gasteiger partial charge on any atom is -0.444 e. The molecule has 12 saturated heterocycles. The van der Waals surface area contributed by atoms with Gasteiger partial charge in [0.1, 0.15) is 51.6 Å². The Balaban J connectivity index is 0.000000119. The quantitative estimate of drug-likeness (QED) is 0.0349. The monoisotopic (exact) mass is 2000 g/mol. The first-order valence-corrected chi connectivity index (χ1v) is 51.8. The molecule has 0 unspecified atom stereocenters. The van der Waals surface area contributed by atoms with Gasteiger partial charge < -0.3 is 89.4 Å². The number of fused-ring (bicyclic) bond motifs is 9. The Morgan fingerprint density at radius 2 is 0.771 bits per heavy atom. The summed E-state index contributed by atoms with van der Waals surface area (Å²) in [6, 6.07) is 6.35. The lowest BCUT2D eigenvalue weighted by atomic mass is 9.72. The van der Waals surface area contributed by atoms with E-state index in [0.717, 1.165) is 192 Å². The zero-order chi connectivity index (χ0) is 99.8. The standard InChI is InChI=1S/C35H47F2N9O4.C30H39F2N9O2.C23H25F2N7O3.C12H22N2O2/c1-34(2,3)50-33(48)43-20-35(21-43)9-12-42(13-10-35)16-22-4-6-23(7-5-22)46-18-27(29(41-46)30(36)37)39-32(47)26-15-38-45-11-8-28(40-31(26)45)44-17-25-14-24(44)19-49-25;31-27(32)26-24(15-41(37-26)20-3-1-19(2-4-20)13-38-9-6-30(7-10-38)17-33-18-30)35-29(42)23-12-34-40-8-5-25(36-28(23)40)39-14-22-11-21(39)16-43-22;24-21(25)20-18(10-32(29-20)14-3-1-13(11-33)2-4-14)27-23(34)17-8-26-31-6-5-19(28-22(17)31)30-9-16-7-15(30)12-35-16;1-11(2,3)16-10(15)14-8-12(9-14)4-6-13-7-5-12/h8,11,15,18,22-25,30H,4-7,9-10,12-14,16-17,19-21H2,1-3H3,(H,39,47);5,8,12,15,19-22,27,33H,1-4,6-7,9-11,13-14,16-18H2,(H,35,42);5-6,8,10-11,13-16,21H,1-4,7,9,12H2,(H,27,34);13H,4-9H2,1-3H3/t22?,23?,24-,25-;19?,20?,21-,22-;13?,14?,15-,16-;/m111./s1. The smallest absolute Gasteiger partial charge is 0.410 e. The van der Waals surface area contributed by atoms with Crippen molar-refractivity contribution in [2.45, 2.75) is 261 Å². The molecular weight excluding hydrogens is 1870 g/mol. The number of piperidine rings is 3. The Morgan fingerprint density at radius 3 is 1.06 bits per heavy atom. The summed E-state index contributed by atoms with van der Waals surface area (Å²) in [7, 11) is 0. The molecule has 0 aromatic carbocycles. The van der Waals surface area contributed by atoms with Gasteiger partial charge in [-0.3, -0.25) is 28.4 Å². The highest BCUT2D eigenvalue weighted by molar-refractivity contribution is 6.10. The molecule has 44 heteroatoms. The van der Waals surface area contributed by atoms with Crippen LogP contribution in [0.5, 0.6) is 0 Å². The van der Waals surface area contributed by atoms with Gasteiger partial charge in [0.25, 0.3) is 37.0 Å². The summed E-state index contributed by atoms with van der Waals surface area (Å²) >= 11 is 0. The number of anilines is 6. The maximum absolute atomic E-state index is 14.2. The van der Waals surface area contributed by atoms with Gasteiger partial charge in [0.05, 0.1) is 110 Å². The first-order chi connectivity index (χ1) is 69.2. The minimum atomic E-state index is -2.85. The molecule has 3 saturated carbocycles. The van der Waals surface area contributed by atoms with Gasteiger partial charge in [0, 0.05) is 126 Å². The Kier molecular flexibility index (Phi) is 27.8. The van der Waals surface area contributed by atoms with E-state index in [1.807, 2.05) is 69.5 Å². The van der Waals surface area contributed by atoms with Crippen molar-refractivity contribution in [2.75, 3.05) is 162 Å². The van der Waals surface area contributed by atoms with Crippen molar-refractivity contribution >= 4 is 87.7 Å². The third-order valence-electron chi connectivity index (χ3n) is 32.7. The van der Waals surface area contributed by atoms with Crippen LogP contribution in [0.1, 0.15) is 262 Å². The number of alkyl halides is 6. The Labute approximate surface area is 830 Å². The summed E-state index contributed by atoms with van der Waals surface area (Å²) in [6.07, 6.45) is 27.1. The van der Waals surface area contributed by atoms with Crippen LogP contribution in [0.15, 0.2) is 74.0 Å². The average molecular weight is 2000 g/mol. The van der Waals surface area contributed by atoms with Crippen LogP contribution in [0, 0.1) is 34.0 Å². The number of hydrogen-bond donors (Lipinski definition) is 5. The molecule has 15 aliphatic rings. The second-order valence-electron chi connectivity index (χ2n) is 45.0. The number of hydrogen-bond acceptors (Lipinski definition) is 27. The SMILES string of the molecule is CC(C)(C)OC(=O)N1CC2(CCN(CC3CCC(n4cc(NC(=O)c5cnn6ccc(N7C[C@H]8C[C@@H]7CO8)nc56)c(C(F)F)n4)CC3)CC2)C1.CC(C)(C)OC(=O)N1CC2(CCNCC2)C1.O=C(Nc1cn(C2CCC(CN3CCC4(CC3)CNC4)CC2)nc1C(F)F)c1cnn2ccc(N3C[C@H]4C[C@@H]3CO4)nc12.O=CC1CCC(n2cc(NC(=O)c3cnn4ccc(N5C[C@H]6C[C@@H]5CO6)nc34)c(C(F)F)n2)CC1. The van der Waals surface area contributed by atoms with E-state index in [9.17, 15) is 55.1 Å². The van der Waals surface area contributed by atoms with Gasteiger partial charge in [-0.05, 0) is 251 Å². The predicted octanol–water partition coefficient (Wildman–Crippen LogP) is 13.3. The number of amides is 5. The summed E-state index contributed by atoms with van der Waals surface area (Å²) in [4.78, 5) is 105. The zero-order valence-electron chi connectivity index (χ0n) is 82.8. The summed E-state index contributed by atoms with van der Waals surface area (Å²) in [6.45, 7) is 30.0. The van der Waals surface area contributed by atoms with Crippen LogP contribution in [0.2, 0.25) is 0 Å². The van der Waals surface area contributed by atoms with Crippen LogP contribution >= 0.6 is 0 Å². The maximum Gasteiger partial charge on any atom is 0.410 e. The first-order valence-electron chi connectivity index (χ1n) is 51.8. The van der Waals surface area contributed by atoms with Gasteiger partial charge in [0.15, 0.2) is 34.0 Å². The highest BCUT2D eigenvalue weighted by Gasteiger charge is 2.51. The zero-order valence-corrected chi connectivity index (χ0v) is 82.8. The maximum atomic E-state index is 14.2. The number of nitrogens with zero attached hydrogens (tertiary/aromatic N) is 22. The third-order valence-corrected chi connectivity index (χ3v) is 32.7. The van der Waals surface area contributed by atoms with Crippen LogP contribution in [-0.4, -0.2) is 308 Å². The lowest BCUT2D eigenvalue weighted by Gasteiger charge is -2.54. The van der Waals surface area contributed by atoms with Crippen molar-refractivity contribution < 1.29 is 78.8 Å². The molecule has 38 nitrogen and oxygen atoms in total. The van der Waals surface area contributed by atoms with Crippen LogP contribution in [-0.2, 0) is 28.5 Å². The average Bonchev–Trinajstić information content (AvgIpc) is 1.15. The molecule has 0 radical (unpaired) electrons. The molecule has 15 fully saturated rings. The van der Waals surface area contributed by atoms with E-state index in [-0.39, 0.29) is 117 Å². The number of morpholine rings is 3. The molecule has 9 aromatic rings. The van der Waals surface area contributed by atoms with Crippen LogP contribution in [0.4, 0.5) is 70.4 Å². The number of aldehydes is 1. The fourth-order valence-corrected chi connectivity index (χ4v) is 24.4. The van der Waals surface area contributed by atoms with E-state index in [2.05, 4.69) is 86.7 Å². The fourth-order valence-electron chi connectivity index (χ4n) is 24.4. The van der Waals surface area contributed by atoms with Gasteiger partial charge in [-0.2, -0.15) is 30.6 Å². The largest absolute Gasteiger partial charge is 0.444 e. The van der Waals surface area contributed by atoms with Gasteiger partial charge in [-0.1, -0.05) is 0 Å². The number of rotatable bonds is 20. The molecule has 3 spiro atoms. The molecule has 776 valence electrons. The number of halogens is 6. The van der Waals surface area contributed by atoms with E-state index in [1.54, 1.807) is 40.3 Å². The molecule has 6 bridgehead atoms. The third kappa shape index (κ3) is 21.3. The molecule has 21 heterocycles. The Bertz CT molecular complexity index is 6100. The molecule has 5 amide bonds. The van der Waals surface area contributed by atoms with Crippen LogP contribution in [0.25, 0.3) is 16.9 Å². The minimum absolute atomic E-state index is 0.00573. The van der Waals surface area contributed by atoms with E-state index in [4.69, 9.17) is 33.7 Å². The van der Waals surface area contributed by atoms with E-state index in [1.165, 1.54) is 94.9 Å². The number of likely N-dealkylation sites (tertiary alicyclic amines) is 4. The molecule has 6 atom stereocenters. The molecule has 5 N–H and O–H groups in total. The number of ether oxygens (including phenoxy) is 5.